The van der Waals surface area contributed by atoms with Crippen LogP contribution in [0.5, 0.6) is 0 Å². The van der Waals surface area contributed by atoms with Gasteiger partial charge in [0.25, 0.3) is 0 Å². The van der Waals surface area contributed by atoms with Crippen LogP contribution in [0.4, 0.5) is 0 Å². The molecule has 0 aromatic rings. The lowest BCUT2D eigenvalue weighted by molar-refractivity contribution is 0.354. The topological polar surface area (TPSA) is 0 Å². The van der Waals surface area contributed by atoms with Gasteiger partial charge in [0.1, 0.15) is 0 Å². The number of rotatable bonds is 3. The maximum absolute atomic E-state index is 2.41. The van der Waals surface area contributed by atoms with Crippen molar-refractivity contribution in [2.45, 2.75) is 59.8 Å². The highest BCUT2D eigenvalue weighted by atomic mass is 127. The summed E-state index contributed by atoms with van der Waals surface area (Å²) in [6, 6.07) is 0. The molecule has 0 fully saturated rings. The molecule has 0 aromatic heterocycles. The van der Waals surface area contributed by atoms with Gasteiger partial charge in [-0.2, -0.15) is 0 Å². The Morgan fingerprint density at radius 1 is 1.47 bits per heavy atom. The Kier molecular flexibility index (Phi) is 4.88. The Bertz CT molecular complexity index is 282. The van der Waals surface area contributed by atoms with Gasteiger partial charge in [-0.3, -0.25) is 0 Å². The van der Waals surface area contributed by atoms with Gasteiger partial charge in [-0.1, -0.05) is 53.2 Å². The first kappa shape index (κ1) is 13.3. The van der Waals surface area contributed by atoms with E-state index in [-0.39, 0.29) is 0 Å². The fourth-order valence-electron chi connectivity index (χ4n) is 2.60. The monoisotopic (exact) mass is 318 g/mol. The predicted molar refractivity (Wildman–Crippen MR) is 77.3 cm³/mol. The average molecular weight is 318 g/mol. The predicted octanol–water partition coefficient (Wildman–Crippen LogP) is 5.63. The highest BCUT2D eigenvalue weighted by molar-refractivity contribution is 14.1. The lowest BCUT2D eigenvalue weighted by Gasteiger charge is -2.34. The van der Waals surface area contributed by atoms with E-state index in [0.29, 0.717) is 5.41 Å². The average Bonchev–Trinajstić information content (AvgIpc) is 2.15. The molecule has 0 aliphatic heterocycles. The second-order valence-corrected chi connectivity index (χ2v) is 6.07. The maximum atomic E-state index is 2.41. The van der Waals surface area contributed by atoms with Crippen molar-refractivity contribution in [2.24, 2.45) is 5.41 Å². The van der Waals surface area contributed by atoms with Crippen molar-refractivity contribution >= 4 is 22.6 Å². The summed E-state index contributed by atoms with van der Waals surface area (Å²) in [6.07, 6.45) is 6.57. The van der Waals surface area contributed by atoms with Crippen molar-refractivity contribution in [1.82, 2.24) is 0 Å². The molecule has 1 rings (SSSR count). The van der Waals surface area contributed by atoms with Gasteiger partial charge in [0, 0.05) is 0 Å². The van der Waals surface area contributed by atoms with Crippen LogP contribution in [-0.4, -0.2) is 0 Å². The van der Waals surface area contributed by atoms with E-state index in [1.54, 1.807) is 11.1 Å². The zero-order valence-corrected chi connectivity index (χ0v) is 12.6. The molecule has 0 amide bonds. The summed E-state index contributed by atoms with van der Waals surface area (Å²) < 4.78 is 2.21. The van der Waals surface area contributed by atoms with E-state index in [0.717, 1.165) is 0 Å². The summed E-state index contributed by atoms with van der Waals surface area (Å²) in [7, 11) is 0. The van der Waals surface area contributed by atoms with Crippen LogP contribution in [0.1, 0.15) is 59.8 Å². The van der Waals surface area contributed by atoms with Crippen molar-refractivity contribution in [3.05, 3.63) is 20.8 Å². The second-order valence-electron chi connectivity index (χ2n) is 5.45. The Morgan fingerprint density at radius 3 is 2.67 bits per heavy atom. The zero-order valence-electron chi connectivity index (χ0n) is 10.5. The van der Waals surface area contributed by atoms with Crippen LogP contribution in [-0.2, 0) is 0 Å². The van der Waals surface area contributed by atoms with E-state index >= 15 is 0 Å². The molecule has 0 unspecified atom stereocenters. The highest BCUT2D eigenvalue weighted by Gasteiger charge is 2.27. The summed E-state index contributed by atoms with van der Waals surface area (Å²) >= 11 is 2.34. The fourth-order valence-corrected chi connectivity index (χ4v) is 2.91. The van der Waals surface area contributed by atoms with E-state index in [4.69, 9.17) is 0 Å². The zero-order chi connectivity index (χ0) is 11.5. The molecule has 0 nitrogen and oxygen atoms in total. The molecule has 1 heteroatoms. The summed E-state index contributed by atoms with van der Waals surface area (Å²) in [4.78, 5) is 0. The van der Waals surface area contributed by atoms with Crippen LogP contribution >= 0.6 is 22.6 Å². The van der Waals surface area contributed by atoms with Crippen LogP contribution in [0.3, 0.4) is 0 Å². The molecule has 0 heterocycles. The lowest BCUT2D eigenvalue weighted by atomic mass is 9.71. The molecule has 1 aliphatic carbocycles. The molecule has 0 aromatic carbocycles. The molecule has 0 saturated carbocycles. The molecule has 0 bridgehead atoms. The van der Waals surface area contributed by atoms with Gasteiger partial charge in [0.15, 0.2) is 0 Å². The van der Waals surface area contributed by atoms with Crippen LogP contribution < -0.4 is 0 Å². The number of hydrogen-bond acceptors (Lipinski definition) is 0. The van der Waals surface area contributed by atoms with Crippen molar-refractivity contribution in [2.75, 3.05) is 0 Å². The van der Waals surface area contributed by atoms with Gasteiger partial charge in [0.05, 0.1) is 0 Å². The number of halogens is 1. The minimum absolute atomic E-state index is 0.452. The maximum Gasteiger partial charge on any atom is -0.0142 e. The molecule has 0 radical (unpaired) electrons. The van der Waals surface area contributed by atoms with Crippen molar-refractivity contribution < 1.29 is 0 Å². The molecule has 0 saturated heterocycles. The largest absolute Gasteiger partial charge is 0.0736 e. The Labute approximate surface area is 108 Å². The third-order valence-corrected chi connectivity index (χ3v) is 4.70. The molecule has 1 aliphatic rings. The van der Waals surface area contributed by atoms with E-state index in [1.807, 2.05) is 0 Å². The van der Waals surface area contributed by atoms with Gasteiger partial charge in [-0.25, -0.2) is 0 Å². The van der Waals surface area contributed by atoms with Gasteiger partial charge in [-0.15, -0.1) is 0 Å². The van der Waals surface area contributed by atoms with Crippen molar-refractivity contribution in [3.63, 3.8) is 0 Å². The molecular formula is C14H23I. The molecule has 0 spiro atoms. The first-order valence-electron chi connectivity index (χ1n) is 5.92. The van der Waals surface area contributed by atoms with Gasteiger partial charge >= 0.3 is 0 Å². The molecule has 15 heavy (non-hydrogen) atoms. The molecule has 0 atom stereocenters. The van der Waals surface area contributed by atoms with Crippen LogP contribution in [0.25, 0.3) is 0 Å². The van der Waals surface area contributed by atoms with Crippen molar-refractivity contribution in [1.29, 1.82) is 0 Å². The van der Waals surface area contributed by atoms with Crippen LogP contribution in [0.15, 0.2) is 20.8 Å². The molecular weight excluding hydrogens is 295 g/mol. The molecule has 0 N–H and O–H groups in total. The Balaban J connectivity index is 2.72. The normalized spacial score (nSPS) is 22.1. The van der Waals surface area contributed by atoms with Crippen molar-refractivity contribution in [3.8, 4) is 0 Å². The second kappa shape index (κ2) is 5.51. The van der Waals surface area contributed by atoms with E-state index in [2.05, 4.69) is 54.4 Å². The lowest BCUT2D eigenvalue weighted by Crippen LogP contribution is -2.20. The summed E-state index contributed by atoms with van der Waals surface area (Å²) in [5, 5.41) is 0. The minimum Gasteiger partial charge on any atom is -0.0736 e. The summed E-state index contributed by atoms with van der Waals surface area (Å²) in [5.41, 5.74) is 5.35. The highest BCUT2D eigenvalue weighted by Crippen LogP contribution is 2.42. The summed E-state index contributed by atoms with van der Waals surface area (Å²) in [5.74, 6) is 0. The van der Waals surface area contributed by atoms with Crippen LogP contribution in [0.2, 0.25) is 0 Å². The first-order valence-corrected chi connectivity index (χ1v) is 7.17. The minimum atomic E-state index is 0.452. The number of allylic oxidation sites excluding steroid dienone is 3. The van der Waals surface area contributed by atoms with Gasteiger partial charge < -0.3 is 0 Å². The quantitative estimate of drug-likeness (QED) is 0.467. The number of hydrogen-bond donors (Lipinski definition) is 0. The first-order chi connectivity index (χ1) is 6.97. The Morgan fingerprint density at radius 2 is 2.13 bits per heavy atom. The third-order valence-electron chi connectivity index (χ3n) is 3.64. The SMILES string of the molecule is CC1=C(CC/C(C)=C/I)C(C)(C)CCC1. The van der Waals surface area contributed by atoms with E-state index in [9.17, 15) is 0 Å². The van der Waals surface area contributed by atoms with Gasteiger partial charge in [-0.05, 0) is 55.4 Å². The Hall–Kier alpha value is 0.210. The standard InChI is InChI=1S/C14H23I/c1-11(10-15)7-8-13-12(2)6-5-9-14(13,3)4/h10H,5-9H2,1-4H3/b11-10+. The van der Waals surface area contributed by atoms with E-state index < -0.39 is 0 Å². The molecule has 86 valence electrons. The fraction of sp³-hybridized carbons (Fsp3) is 0.714. The third kappa shape index (κ3) is 3.61. The van der Waals surface area contributed by atoms with Crippen LogP contribution in [0, 0.1) is 5.41 Å². The summed E-state index contributed by atoms with van der Waals surface area (Å²) in [6.45, 7) is 9.39. The smallest absolute Gasteiger partial charge is 0.0142 e. The van der Waals surface area contributed by atoms with Gasteiger partial charge in [0.2, 0.25) is 0 Å². The van der Waals surface area contributed by atoms with E-state index in [1.165, 1.54) is 37.7 Å².